The van der Waals surface area contributed by atoms with Crippen LogP contribution in [0.4, 0.5) is 13.2 Å². The third kappa shape index (κ3) is 7.62. The second-order valence-corrected chi connectivity index (χ2v) is 12.1. The highest BCUT2D eigenvalue weighted by molar-refractivity contribution is 8.01. The predicted molar refractivity (Wildman–Crippen MR) is 153 cm³/mol. The molecule has 0 radical (unpaired) electrons. The van der Waals surface area contributed by atoms with Gasteiger partial charge in [0, 0.05) is 53.0 Å². The zero-order valence-corrected chi connectivity index (χ0v) is 26.4. The van der Waals surface area contributed by atoms with E-state index in [2.05, 4.69) is 15.6 Å². The molecule has 0 aliphatic carbocycles. The van der Waals surface area contributed by atoms with Crippen LogP contribution in [0.15, 0.2) is 18.3 Å². The molecular weight excluding hydrogens is 639 g/mol. The van der Waals surface area contributed by atoms with Gasteiger partial charge in [0.1, 0.15) is 40.7 Å². The summed E-state index contributed by atoms with van der Waals surface area (Å²) >= 11 is 0.852. The standard InChI is InChI=1S/C28H34F3N5O9S/c1-6-35(5)26(40)25(28(41)11-32-12-28)46-27-24(44-15(4)39)22(23(43-14(3)38)20(45-27)10-42-13(2)37)36-9-19(33-34-36)16-7-17(29)21(31)18(30)8-16/h7-9,20,22-25,27,32,41H,6,10-12H2,1-5H3/t20-,22+,23+,24-,25-,27+/m1/s1. The molecule has 2 aliphatic rings. The number of amides is 1. The van der Waals surface area contributed by atoms with Crippen LogP contribution in [0.2, 0.25) is 0 Å². The molecule has 4 rings (SSSR count). The van der Waals surface area contributed by atoms with E-state index in [1.807, 2.05) is 0 Å². The summed E-state index contributed by atoms with van der Waals surface area (Å²) in [5.74, 6) is -7.36. The number of thioether (sulfide) groups is 1. The summed E-state index contributed by atoms with van der Waals surface area (Å²) in [6.45, 7) is 5.12. The number of rotatable bonds is 11. The molecule has 1 aromatic heterocycles. The first-order chi connectivity index (χ1) is 21.6. The van der Waals surface area contributed by atoms with Crippen molar-refractivity contribution in [3.8, 4) is 11.3 Å². The highest BCUT2D eigenvalue weighted by Gasteiger charge is 2.56. The largest absolute Gasteiger partial charge is 0.463 e. The third-order valence-electron chi connectivity index (χ3n) is 7.46. The van der Waals surface area contributed by atoms with Crippen molar-refractivity contribution in [2.75, 3.05) is 33.3 Å². The fraction of sp³-hybridized carbons (Fsp3) is 0.571. The van der Waals surface area contributed by atoms with Crippen LogP contribution in [0, 0.1) is 17.5 Å². The van der Waals surface area contributed by atoms with Crippen molar-refractivity contribution in [1.29, 1.82) is 0 Å². The molecule has 0 saturated carbocycles. The number of esters is 3. The molecular formula is C28H34F3N5O9S. The van der Waals surface area contributed by atoms with Crippen LogP contribution in [0.5, 0.6) is 0 Å². The van der Waals surface area contributed by atoms with Gasteiger partial charge < -0.3 is 34.3 Å². The van der Waals surface area contributed by atoms with E-state index in [1.54, 1.807) is 14.0 Å². The number of nitrogens with zero attached hydrogens (tertiary/aromatic N) is 4. The Morgan fingerprint density at radius 1 is 1.11 bits per heavy atom. The first-order valence-electron chi connectivity index (χ1n) is 14.2. The quantitative estimate of drug-likeness (QED) is 0.197. The van der Waals surface area contributed by atoms with Crippen molar-refractivity contribution < 1.29 is 56.4 Å². The van der Waals surface area contributed by atoms with E-state index in [4.69, 9.17) is 18.9 Å². The van der Waals surface area contributed by atoms with E-state index < -0.39 is 88.5 Å². The smallest absolute Gasteiger partial charge is 0.303 e. The lowest BCUT2D eigenvalue weighted by Gasteiger charge is -2.48. The van der Waals surface area contributed by atoms with E-state index in [1.165, 1.54) is 11.1 Å². The molecule has 0 bridgehead atoms. The molecule has 0 spiro atoms. The minimum atomic E-state index is -1.68. The van der Waals surface area contributed by atoms with Gasteiger partial charge in [-0.2, -0.15) is 0 Å². The molecule has 3 heterocycles. The number of halogens is 3. The number of carbonyl (C=O) groups excluding carboxylic acids is 4. The SMILES string of the molecule is CCN(C)C(=O)[C@@H](S[C@@H]1O[C@H](COC(C)=O)[C@H](OC(C)=O)[C@H](n2cc(-c3cc(F)c(F)c(F)c3)nn2)[C@H]1OC(C)=O)C1(O)CNC1. The van der Waals surface area contributed by atoms with Crippen LogP contribution in [-0.4, -0.2) is 117 Å². The molecule has 0 unspecified atom stereocenters. The van der Waals surface area contributed by atoms with Gasteiger partial charge in [0.05, 0.1) is 6.20 Å². The molecule has 2 fully saturated rings. The molecule has 46 heavy (non-hydrogen) atoms. The Morgan fingerprint density at radius 3 is 2.24 bits per heavy atom. The maximum Gasteiger partial charge on any atom is 0.303 e. The van der Waals surface area contributed by atoms with Crippen LogP contribution in [0.1, 0.15) is 33.7 Å². The molecule has 2 aromatic rings. The molecule has 14 nitrogen and oxygen atoms in total. The Labute approximate surface area is 265 Å². The van der Waals surface area contributed by atoms with E-state index in [9.17, 15) is 37.5 Å². The zero-order valence-electron chi connectivity index (χ0n) is 25.6. The third-order valence-corrected chi connectivity index (χ3v) is 9.02. The number of aromatic nitrogens is 3. The van der Waals surface area contributed by atoms with Gasteiger partial charge >= 0.3 is 17.9 Å². The van der Waals surface area contributed by atoms with Crippen molar-refractivity contribution in [1.82, 2.24) is 25.2 Å². The minimum Gasteiger partial charge on any atom is -0.463 e. The van der Waals surface area contributed by atoms with Crippen LogP contribution in [-0.2, 0) is 38.1 Å². The summed E-state index contributed by atoms with van der Waals surface area (Å²) in [5.41, 5.74) is -3.09. The topological polar surface area (TPSA) is 171 Å². The monoisotopic (exact) mass is 673 g/mol. The number of hydrogen-bond acceptors (Lipinski definition) is 13. The predicted octanol–water partition coefficient (Wildman–Crippen LogP) is 0.969. The van der Waals surface area contributed by atoms with Gasteiger partial charge in [-0.15, -0.1) is 16.9 Å². The summed E-state index contributed by atoms with van der Waals surface area (Å²) < 4.78 is 65.6. The maximum atomic E-state index is 14.0. The van der Waals surface area contributed by atoms with Crippen LogP contribution in [0.25, 0.3) is 11.3 Å². The Kier molecular flexibility index (Phi) is 11.0. The first-order valence-corrected chi connectivity index (χ1v) is 15.1. The average Bonchev–Trinajstić information content (AvgIpc) is 3.46. The van der Waals surface area contributed by atoms with Crippen molar-refractivity contribution in [2.24, 2.45) is 0 Å². The lowest BCUT2D eigenvalue weighted by Crippen LogP contribution is -2.69. The van der Waals surface area contributed by atoms with Gasteiger partial charge in [0.15, 0.2) is 29.7 Å². The van der Waals surface area contributed by atoms with Gasteiger partial charge in [-0.05, 0) is 19.1 Å². The molecule has 1 aromatic carbocycles. The lowest BCUT2D eigenvalue weighted by molar-refractivity contribution is -0.212. The number of nitrogens with one attached hydrogen (secondary N) is 1. The first kappa shape index (κ1) is 35.1. The second-order valence-electron chi connectivity index (χ2n) is 10.9. The second kappa shape index (κ2) is 14.4. The molecule has 2 N–H and O–H groups in total. The number of benzene rings is 1. The highest BCUT2D eigenvalue weighted by atomic mass is 32.2. The number of hydrogen-bond donors (Lipinski definition) is 2. The Balaban J connectivity index is 1.84. The summed E-state index contributed by atoms with van der Waals surface area (Å²) in [4.78, 5) is 51.5. The zero-order chi connectivity index (χ0) is 33.9. The van der Waals surface area contributed by atoms with Crippen molar-refractivity contribution in [2.45, 2.75) is 68.3 Å². The van der Waals surface area contributed by atoms with E-state index in [-0.39, 0.29) is 24.3 Å². The summed E-state index contributed by atoms with van der Waals surface area (Å²) in [6.07, 6.45) is -2.79. The lowest BCUT2D eigenvalue weighted by atomic mass is 9.92. The van der Waals surface area contributed by atoms with Crippen LogP contribution >= 0.6 is 11.8 Å². The van der Waals surface area contributed by atoms with Gasteiger partial charge in [0.25, 0.3) is 0 Å². The van der Waals surface area contributed by atoms with Crippen molar-refractivity contribution in [3.05, 3.63) is 35.8 Å². The van der Waals surface area contributed by atoms with Gasteiger partial charge in [-0.25, -0.2) is 17.9 Å². The molecule has 6 atom stereocenters. The molecule has 18 heteroatoms. The van der Waals surface area contributed by atoms with Gasteiger partial charge in [0.2, 0.25) is 5.91 Å². The van der Waals surface area contributed by atoms with Crippen molar-refractivity contribution in [3.63, 3.8) is 0 Å². The fourth-order valence-corrected chi connectivity index (χ4v) is 6.59. The number of aliphatic hydroxyl groups is 1. The summed E-state index contributed by atoms with van der Waals surface area (Å²) in [6, 6.07) is 0.129. The Bertz CT molecular complexity index is 1450. The van der Waals surface area contributed by atoms with Gasteiger partial charge in [-0.1, -0.05) is 5.21 Å². The normalized spacial score (nSPS) is 24.3. The van der Waals surface area contributed by atoms with Gasteiger partial charge in [-0.3, -0.25) is 19.2 Å². The number of ether oxygens (including phenoxy) is 4. The van der Waals surface area contributed by atoms with Crippen LogP contribution in [0.3, 0.4) is 0 Å². The number of β-amino-alcohol motifs (C(OH)–C–C–N with tert-alkyl or cyclic N) is 1. The summed E-state index contributed by atoms with van der Waals surface area (Å²) in [7, 11) is 1.55. The average molecular weight is 674 g/mol. The summed E-state index contributed by atoms with van der Waals surface area (Å²) in [5, 5.41) is 21.1. The van der Waals surface area contributed by atoms with E-state index >= 15 is 0 Å². The molecule has 2 aliphatic heterocycles. The fourth-order valence-electron chi connectivity index (χ4n) is 5.02. The van der Waals surface area contributed by atoms with Crippen molar-refractivity contribution >= 4 is 35.6 Å². The maximum absolute atomic E-state index is 14.0. The molecule has 1 amide bonds. The molecule has 2 saturated heterocycles. The Hall–Kier alpha value is -3.74. The Morgan fingerprint density at radius 2 is 1.72 bits per heavy atom. The number of carbonyl (C=O) groups is 4. The molecule has 252 valence electrons. The minimum absolute atomic E-state index is 0.0759. The highest BCUT2D eigenvalue weighted by Crippen LogP contribution is 2.43. The van der Waals surface area contributed by atoms with E-state index in [0.29, 0.717) is 18.7 Å². The van der Waals surface area contributed by atoms with E-state index in [0.717, 1.165) is 37.2 Å². The van der Waals surface area contributed by atoms with Crippen LogP contribution < -0.4 is 5.32 Å².